The molecule has 9 heteroatoms. The van der Waals surface area contributed by atoms with Crippen molar-refractivity contribution in [2.75, 3.05) is 37.0 Å². The Morgan fingerprint density at radius 3 is 2.56 bits per heavy atom. The van der Waals surface area contributed by atoms with E-state index < -0.39 is 0 Å². The van der Waals surface area contributed by atoms with Crippen LogP contribution in [-0.4, -0.2) is 52.7 Å². The second-order valence-electron chi connectivity index (χ2n) is 8.63. The third-order valence-corrected chi connectivity index (χ3v) is 7.00. The number of ether oxygens (including phenoxy) is 2. The number of nitrogens with one attached hydrogen (secondary N) is 1. The van der Waals surface area contributed by atoms with Gasteiger partial charge in [0.1, 0.15) is 13.2 Å². The summed E-state index contributed by atoms with van der Waals surface area (Å²) in [5, 5.41) is 12.7. The second-order valence-corrected chi connectivity index (χ2v) is 9.57. The molecule has 178 valence electrons. The highest BCUT2D eigenvalue weighted by atomic mass is 32.2. The number of rotatable bonds is 7. The molecule has 1 saturated heterocycles. The van der Waals surface area contributed by atoms with E-state index in [1.54, 1.807) is 0 Å². The van der Waals surface area contributed by atoms with E-state index in [0.29, 0.717) is 18.4 Å². The molecular weight excluding hydrogens is 450 g/mol. The lowest BCUT2D eigenvalue weighted by atomic mass is 10.1. The summed E-state index contributed by atoms with van der Waals surface area (Å²) in [4.78, 5) is 15.1. The Bertz CT molecular complexity index is 1160. The molecule has 0 bridgehead atoms. The van der Waals surface area contributed by atoms with Gasteiger partial charge in [0.15, 0.2) is 16.7 Å². The minimum Gasteiger partial charge on any atom is -0.486 e. The number of aromatic nitrogens is 3. The quantitative estimate of drug-likeness (QED) is 0.515. The summed E-state index contributed by atoms with van der Waals surface area (Å²) in [5.74, 6) is 2.49. The van der Waals surface area contributed by atoms with Gasteiger partial charge in [-0.1, -0.05) is 35.5 Å². The molecule has 3 heterocycles. The van der Waals surface area contributed by atoms with Crippen molar-refractivity contribution in [1.29, 1.82) is 0 Å². The number of fused-ring (bicyclic) bond motifs is 1. The van der Waals surface area contributed by atoms with Gasteiger partial charge in [0.05, 0.1) is 17.5 Å². The average Bonchev–Trinajstić information content (AvgIpc) is 3.53. The SMILES string of the molecule is Cc1ccc(-n2c(SCC(=O)N[C@@H](C)c3ccc4c(c3)OCCO4)nnc2N2CCCC2)cc1. The molecule has 0 aliphatic carbocycles. The number of hydrogen-bond acceptors (Lipinski definition) is 7. The zero-order chi connectivity index (χ0) is 23.5. The fourth-order valence-electron chi connectivity index (χ4n) is 4.22. The van der Waals surface area contributed by atoms with Crippen LogP contribution in [0.1, 0.15) is 36.9 Å². The van der Waals surface area contributed by atoms with Gasteiger partial charge in [-0.2, -0.15) is 0 Å². The number of hydrogen-bond donors (Lipinski definition) is 1. The Morgan fingerprint density at radius 1 is 1.06 bits per heavy atom. The number of benzene rings is 2. The smallest absolute Gasteiger partial charge is 0.232 e. The van der Waals surface area contributed by atoms with Crippen molar-refractivity contribution in [2.45, 2.75) is 37.9 Å². The highest BCUT2D eigenvalue weighted by Crippen LogP contribution is 2.33. The zero-order valence-electron chi connectivity index (χ0n) is 19.5. The Kier molecular flexibility index (Phi) is 6.62. The normalized spacial score (nSPS) is 15.9. The molecule has 1 aromatic heterocycles. The van der Waals surface area contributed by atoms with Crippen molar-refractivity contribution in [2.24, 2.45) is 0 Å². The van der Waals surface area contributed by atoms with Crippen LogP contribution in [0.25, 0.3) is 5.69 Å². The third kappa shape index (κ3) is 4.84. The molecule has 0 saturated carbocycles. The molecule has 5 rings (SSSR count). The number of amides is 1. The predicted octanol–water partition coefficient (Wildman–Crippen LogP) is 3.92. The topological polar surface area (TPSA) is 81.5 Å². The average molecular weight is 480 g/mol. The monoisotopic (exact) mass is 479 g/mol. The standard InChI is InChI=1S/C25H29N5O3S/c1-17-5-8-20(9-6-17)30-24(29-11-3-4-12-29)27-28-25(30)34-16-23(31)26-18(2)19-7-10-21-22(15-19)33-14-13-32-21/h5-10,15,18H,3-4,11-14,16H2,1-2H3,(H,26,31)/t18-/m0/s1. The summed E-state index contributed by atoms with van der Waals surface area (Å²) in [6.07, 6.45) is 2.31. The molecule has 3 aromatic rings. The van der Waals surface area contributed by atoms with E-state index >= 15 is 0 Å². The van der Waals surface area contributed by atoms with Gasteiger partial charge in [-0.05, 0) is 56.5 Å². The Balaban J connectivity index is 1.28. The van der Waals surface area contributed by atoms with Crippen LogP contribution in [0.3, 0.4) is 0 Å². The lowest BCUT2D eigenvalue weighted by Crippen LogP contribution is -2.28. The van der Waals surface area contributed by atoms with Gasteiger partial charge in [0.25, 0.3) is 0 Å². The first-order chi connectivity index (χ1) is 16.6. The van der Waals surface area contributed by atoms with Gasteiger partial charge >= 0.3 is 0 Å². The first kappa shape index (κ1) is 22.6. The zero-order valence-corrected chi connectivity index (χ0v) is 20.3. The van der Waals surface area contributed by atoms with Crippen molar-refractivity contribution in [3.05, 3.63) is 53.6 Å². The summed E-state index contributed by atoms with van der Waals surface area (Å²) < 4.78 is 13.3. The van der Waals surface area contributed by atoms with Crippen molar-refractivity contribution in [3.8, 4) is 17.2 Å². The third-order valence-electron chi connectivity index (χ3n) is 6.07. The molecule has 1 amide bonds. The van der Waals surface area contributed by atoms with Gasteiger partial charge in [0, 0.05) is 13.1 Å². The van der Waals surface area contributed by atoms with Gasteiger partial charge < -0.3 is 19.7 Å². The van der Waals surface area contributed by atoms with E-state index in [1.165, 1.54) is 17.3 Å². The second kappa shape index (κ2) is 9.97. The lowest BCUT2D eigenvalue weighted by molar-refractivity contribution is -0.119. The van der Waals surface area contributed by atoms with Gasteiger partial charge in [-0.15, -0.1) is 10.2 Å². The lowest BCUT2D eigenvalue weighted by Gasteiger charge is -2.21. The van der Waals surface area contributed by atoms with E-state index in [0.717, 1.165) is 54.6 Å². The fraction of sp³-hybridized carbons (Fsp3) is 0.400. The molecule has 1 atom stereocenters. The molecule has 1 fully saturated rings. The van der Waals surface area contributed by atoms with E-state index in [1.807, 2.05) is 25.1 Å². The minimum atomic E-state index is -0.154. The molecule has 2 aromatic carbocycles. The first-order valence-electron chi connectivity index (χ1n) is 11.7. The van der Waals surface area contributed by atoms with Crippen LogP contribution in [0.5, 0.6) is 11.5 Å². The van der Waals surface area contributed by atoms with E-state index in [-0.39, 0.29) is 17.7 Å². The Hall–Kier alpha value is -3.20. The van der Waals surface area contributed by atoms with Gasteiger partial charge in [-0.3, -0.25) is 9.36 Å². The van der Waals surface area contributed by atoms with E-state index in [4.69, 9.17) is 9.47 Å². The molecule has 0 radical (unpaired) electrons. The maximum atomic E-state index is 12.8. The Morgan fingerprint density at radius 2 is 1.79 bits per heavy atom. The predicted molar refractivity (Wildman–Crippen MR) is 132 cm³/mol. The van der Waals surface area contributed by atoms with Crippen LogP contribution in [-0.2, 0) is 4.79 Å². The number of nitrogens with zero attached hydrogens (tertiary/aromatic N) is 4. The van der Waals surface area contributed by atoms with Gasteiger partial charge in [0.2, 0.25) is 11.9 Å². The molecule has 34 heavy (non-hydrogen) atoms. The number of anilines is 1. The van der Waals surface area contributed by atoms with E-state index in [2.05, 4.69) is 56.2 Å². The van der Waals surface area contributed by atoms with E-state index in [9.17, 15) is 4.79 Å². The minimum absolute atomic E-state index is 0.0615. The van der Waals surface area contributed by atoms with Crippen molar-refractivity contribution in [1.82, 2.24) is 20.1 Å². The number of carbonyl (C=O) groups is 1. The van der Waals surface area contributed by atoms with Crippen LogP contribution in [0, 0.1) is 6.92 Å². The largest absolute Gasteiger partial charge is 0.486 e. The van der Waals surface area contributed by atoms with Crippen LogP contribution in [0.15, 0.2) is 47.6 Å². The van der Waals surface area contributed by atoms with Gasteiger partial charge in [-0.25, -0.2) is 0 Å². The summed E-state index contributed by atoms with van der Waals surface area (Å²) in [5.41, 5.74) is 3.17. The first-order valence-corrected chi connectivity index (χ1v) is 12.7. The highest BCUT2D eigenvalue weighted by Gasteiger charge is 2.23. The number of carbonyl (C=O) groups excluding carboxylic acids is 1. The van der Waals surface area contributed by atoms with Crippen molar-refractivity contribution in [3.63, 3.8) is 0 Å². The van der Waals surface area contributed by atoms with Crippen molar-refractivity contribution < 1.29 is 14.3 Å². The molecule has 1 N–H and O–H groups in total. The molecule has 0 spiro atoms. The molecule has 0 unspecified atom stereocenters. The van der Waals surface area contributed by atoms with Crippen LogP contribution in [0.2, 0.25) is 0 Å². The van der Waals surface area contributed by atoms with Crippen LogP contribution in [0.4, 0.5) is 5.95 Å². The summed E-state index contributed by atoms with van der Waals surface area (Å²) >= 11 is 1.40. The van der Waals surface area contributed by atoms with Crippen LogP contribution < -0.4 is 19.7 Å². The molecule has 8 nitrogen and oxygen atoms in total. The maximum Gasteiger partial charge on any atom is 0.232 e. The summed E-state index contributed by atoms with van der Waals surface area (Å²) in [7, 11) is 0. The summed E-state index contributed by atoms with van der Waals surface area (Å²) in [6, 6.07) is 14.0. The van der Waals surface area contributed by atoms with Crippen molar-refractivity contribution >= 4 is 23.6 Å². The fourth-order valence-corrected chi connectivity index (χ4v) is 4.98. The summed E-state index contributed by atoms with van der Waals surface area (Å²) in [6.45, 7) is 7.08. The molecule has 2 aliphatic rings. The number of aryl methyl sites for hydroxylation is 1. The number of thioether (sulfide) groups is 1. The Labute approximate surface area is 203 Å². The molecular formula is C25H29N5O3S. The highest BCUT2D eigenvalue weighted by molar-refractivity contribution is 7.99. The van der Waals surface area contributed by atoms with Crippen LogP contribution >= 0.6 is 11.8 Å². The maximum absolute atomic E-state index is 12.8. The molecule has 2 aliphatic heterocycles.